The Hall–Kier alpha value is -1.81. The molecule has 0 radical (unpaired) electrons. The highest BCUT2D eigenvalue weighted by molar-refractivity contribution is 7.09. The normalized spacial score (nSPS) is 22.1. The molecule has 4 heteroatoms. The molecule has 1 aliphatic rings. The van der Waals surface area contributed by atoms with Crippen LogP contribution in [0, 0.1) is 6.92 Å². The smallest absolute Gasteiger partial charge is 0.192 e. The number of thiophene rings is 1. The molecule has 1 aromatic carbocycles. The fourth-order valence-corrected chi connectivity index (χ4v) is 3.57. The average Bonchev–Trinajstić information content (AvgIpc) is 3.04. The van der Waals surface area contributed by atoms with E-state index in [9.17, 15) is 0 Å². The summed E-state index contributed by atoms with van der Waals surface area (Å²) in [5.41, 5.74) is 8.58. The minimum atomic E-state index is -0.153. The van der Waals surface area contributed by atoms with Crippen molar-refractivity contribution >= 4 is 17.3 Å². The number of hydrogen-bond donors (Lipinski definition) is 1. The van der Waals surface area contributed by atoms with Crippen molar-refractivity contribution in [3.8, 4) is 0 Å². The maximum atomic E-state index is 6.14. The quantitative estimate of drug-likeness (QED) is 0.941. The SMILES string of the molecule is Cc1ccccc1C1(C)CN=C(N)N1Cc1cccs1. The van der Waals surface area contributed by atoms with Gasteiger partial charge in [-0.1, -0.05) is 30.3 Å². The molecule has 0 spiro atoms. The van der Waals surface area contributed by atoms with E-state index in [1.54, 1.807) is 11.3 Å². The van der Waals surface area contributed by atoms with Crippen LogP contribution in [0.4, 0.5) is 0 Å². The molecule has 1 aliphatic heterocycles. The summed E-state index contributed by atoms with van der Waals surface area (Å²) in [6.45, 7) is 5.91. The maximum absolute atomic E-state index is 6.14. The maximum Gasteiger partial charge on any atom is 0.192 e. The van der Waals surface area contributed by atoms with Gasteiger partial charge in [-0.05, 0) is 36.4 Å². The second-order valence-corrected chi connectivity index (χ2v) is 6.46. The second kappa shape index (κ2) is 4.94. The van der Waals surface area contributed by atoms with Crippen LogP contribution in [0.15, 0.2) is 46.8 Å². The Morgan fingerprint density at radius 2 is 2.10 bits per heavy atom. The standard InChI is InChI=1S/C16H19N3S/c1-12-6-3-4-8-14(12)16(2)11-18-15(17)19(16)10-13-7-5-9-20-13/h3-9H,10-11H2,1-2H3,(H2,17,18). The topological polar surface area (TPSA) is 41.6 Å². The number of rotatable bonds is 3. The molecule has 104 valence electrons. The first-order chi connectivity index (χ1) is 9.61. The third-order valence-corrected chi connectivity index (χ3v) is 4.90. The minimum absolute atomic E-state index is 0.153. The van der Waals surface area contributed by atoms with Crippen molar-refractivity contribution in [1.29, 1.82) is 0 Å². The number of nitrogens with zero attached hydrogens (tertiary/aromatic N) is 2. The Kier molecular flexibility index (Phi) is 3.26. The van der Waals surface area contributed by atoms with E-state index in [0.29, 0.717) is 5.96 Å². The van der Waals surface area contributed by atoms with E-state index in [2.05, 4.69) is 65.5 Å². The summed E-state index contributed by atoms with van der Waals surface area (Å²) in [6, 6.07) is 12.7. The van der Waals surface area contributed by atoms with Crippen LogP contribution in [0.3, 0.4) is 0 Å². The zero-order valence-electron chi connectivity index (χ0n) is 11.8. The van der Waals surface area contributed by atoms with Crippen molar-refractivity contribution in [2.75, 3.05) is 6.54 Å². The lowest BCUT2D eigenvalue weighted by atomic mass is 9.87. The first kappa shape index (κ1) is 13.2. The van der Waals surface area contributed by atoms with Gasteiger partial charge in [0.05, 0.1) is 18.6 Å². The zero-order valence-corrected chi connectivity index (χ0v) is 12.7. The molecular formula is C16H19N3S. The van der Waals surface area contributed by atoms with Gasteiger partial charge < -0.3 is 10.6 Å². The minimum Gasteiger partial charge on any atom is -0.370 e. The van der Waals surface area contributed by atoms with Gasteiger partial charge in [-0.2, -0.15) is 0 Å². The van der Waals surface area contributed by atoms with E-state index < -0.39 is 0 Å². The van der Waals surface area contributed by atoms with Gasteiger partial charge in [0.25, 0.3) is 0 Å². The molecule has 1 atom stereocenters. The van der Waals surface area contributed by atoms with Crippen LogP contribution in [-0.4, -0.2) is 17.4 Å². The van der Waals surface area contributed by atoms with Gasteiger partial charge in [-0.15, -0.1) is 11.3 Å². The zero-order chi connectivity index (χ0) is 14.2. The van der Waals surface area contributed by atoms with E-state index in [1.165, 1.54) is 16.0 Å². The largest absolute Gasteiger partial charge is 0.370 e. The molecule has 2 N–H and O–H groups in total. The summed E-state index contributed by atoms with van der Waals surface area (Å²) in [7, 11) is 0. The number of benzene rings is 1. The van der Waals surface area contributed by atoms with Crippen molar-refractivity contribution in [3.05, 3.63) is 57.8 Å². The second-order valence-electron chi connectivity index (χ2n) is 5.43. The van der Waals surface area contributed by atoms with Crippen molar-refractivity contribution < 1.29 is 0 Å². The Bertz CT molecular complexity index is 633. The molecule has 0 bridgehead atoms. The summed E-state index contributed by atoms with van der Waals surface area (Å²) in [4.78, 5) is 8.03. The lowest BCUT2D eigenvalue weighted by Gasteiger charge is -2.37. The number of aliphatic imine (C=N–C) groups is 1. The van der Waals surface area contributed by atoms with Gasteiger partial charge in [-0.25, -0.2) is 0 Å². The van der Waals surface area contributed by atoms with Gasteiger partial charge in [0.15, 0.2) is 5.96 Å². The molecule has 0 saturated heterocycles. The van der Waals surface area contributed by atoms with E-state index >= 15 is 0 Å². The fourth-order valence-electron chi connectivity index (χ4n) is 2.88. The molecule has 3 nitrogen and oxygen atoms in total. The molecule has 0 saturated carbocycles. The van der Waals surface area contributed by atoms with E-state index in [4.69, 9.17) is 5.73 Å². The molecule has 20 heavy (non-hydrogen) atoms. The highest BCUT2D eigenvalue weighted by Gasteiger charge is 2.40. The highest BCUT2D eigenvalue weighted by atomic mass is 32.1. The molecule has 1 aromatic heterocycles. The van der Waals surface area contributed by atoms with Gasteiger partial charge in [0.2, 0.25) is 0 Å². The van der Waals surface area contributed by atoms with Gasteiger partial charge in [0, 0.05) is 4.88 Å². The lowest BCUT2D eigenvalue weighted by Crippen LogP contribution is -2.47. The predicted molar refractivity (Wildman–Crippen MR) is 84.9 cm³/mol. The number of aryl methyl sites for hydroxylation is 1. The first-order valence-electron chi connectivity index (χ1n) is 6.77. The first-order valence-corrected chi connectivity index (χ1v) is 7.65. The van der Waals surface area contributed by atoms with Crippen molar-refractivity contribution in [2.45, 2.75) is 25.9 Å². The van der Waals surface area contributed by atoms with Crippen LogP contribution in [0.25, 0.3) is 0 Å². The third-order valence-electron chi connectivity index (χ3n) is 4.04. The van der Waals surface area contributed by atoms with Crippen LogP contribution in [-0.2, 0) is 12.1 Å². The summed E-state index contributed by atoms with van der Waals surface area (Å²) >= 11 is 1.76. The third kappa shape index (κ3) is 2.10. The number of hydrogen-bond acceptors (Lipinski definition) is 4. The van der Waals surface area contributed by atoms with Crippen LogP contribution in [0.5, 0.6) is 0 Å². The van der Waals surface area contributed by atoms with Crippen molar-refractivity contribution in [3.63, 3.8) is 0 Å². The Labute approximate surface area is 123 Å². The highest BCUT2D eigenvalue weighted by Crippen LogP contribution is 2.36. The molecule has 0 amide bonds. The summed E-state index contributed by atoms with van der Waals surface area (Å²) in [5, 5.41) is 2.10. The lowest BCUT2D eigenvalue weighted by molar-refractivity contribution is 0.218. The number of guanidine groups is 1. The van der Waals surface area contributed by atoms with Gasteiger partial charge >= 0.3 is 0 Å². The Morgan fingerprint density at radius 3 is 2.80 bits per heavy atom. The Morgan fingerprint density at radius 1 is 1.30 bits per heavy atom. The van der Waals surface area contributed by atoms with Crippen LogP contribution in [0.1, 0.15) is 22.9 Å². The monoisotopic (exact) mass is 285 g/mol. The average molecular weight is 285 g/mol. The molecule has 0 aliphatic carbocycles. The van der Waals surface area contributed by atoms with Crippen LogP contribution >= 0.6 is 11.3 Å². The van der Waals surface area contributed by atoms with E-state index in [1.807, 2.05) is 0 Å². The molecule has 2 aromatic rings. The molecule has 2 heterocycles. The fraction of sp³-hybridized carbons (Fsp3) is 0.312. The van der Waals surface area contributed by atoms with Crippen LogP contribution in [0.2, 0.25) is 0 Å². The van der Waals surface area contributed by atoms with E-state index in [-0.39, 0.29) is 5.54 Å². The number of nitrogens with two attached hydrogens (primary N) is 1. The summed E-state index contributed by atoms with van der Waals surface area (Å²) in [6.07, 6.45) is 0. The van der Waals surface area contributed by atoms with Gasteiger partial charge in [0.1, 0.15) is 0 Å². The molecule has 0 fully saturated rings. The summed E-state index contributed by atoms with van der Waals surface area (Å²) < 4.78 is 0. The van der Waals surface area contributed by atoms with Crippen LogP contribution < -0.4 is 5.73 Å². The molecule has 1 unspecified atom stereocenters. The Balaban J connectivity index is 1.97. The molecule has 3 rings (SSSR count). The van der Waals surface area contributed by atoms with E-state index in [0.717, 1.165) is 13.1 Å². The summed E-state index contributed by atoms with van der Waals surface area (Å²) in [5.74, 6) is 0.643. The van der Waals surface area contributed by atoms with Crippen molar-refractivity contribution in [1.82, 2.24) is 4.90 Å². The van der Waals surface area contributed by atoms with Crippen molar-refractivity contribution in [2.24, 2.45) is 10.7 Å². The van der Waals surface area contributed by atoms with Gasteiger partial charge in [-0.3, -0.25) is 4.99 Å². The molecular weight excluding hydrogens is 266 g/mol. The predicted octanol–water partition coefficient (Wildman–Crippen LogP) is 3.10.